The van der Waals surface area contributed by atoms with Crippen LogP contribution in [0.15, 0.2) is 58.5 Å². The van der Waals surface area contributed by atoms with Gasteiger partial charge in [-0.3, -0.25) is 4.98 Å². The van der Waals surface area contributed by atoms with Crippen LogP contribution < -0.4 is 10.6 Å². The number of aliphatic imine (C=N–C) groups is 1. The van der Waals surface area contributed by atoms with E-state index in [2.05, 4.69) is 27.5 Å². The van der Waals surface area contributed by atoms with E-state index in [9.17, 15) is 0 Å². The van der Waals surface area contributed by atoms with Crippen molar-refractivity contribution >= 4 is 29.3 Å². The standard InChI is InChI=1S/C17H21ClN4S/c1-2-19-17(22-13-15-5-3-4-10-20-15)21-11-12-23-16-8-6-14(18)7-9-16/h3-10H,2,11-13H2,1H3,(H2,19,21,22). The molecule has 0 saturated heterocycles. The topological polar surface area (TPSA) is 49.3 Å². The maximum Gasteiger partial charge on any atom is 0.191 e. The van der Waals surface area contributed by atoms with Gasteiger partial charge in [0.25, 0.3) is 0 Å². The number of hydrogen-bond donors (Lipinski definition) is 2. The van der Waals surface area contributed by atoms with Gasteiger partial charge in [-0.05, 0) is 43.3 Å². The molecule has 1 aromatic carbocycles. The van der Waals surface area contributed by atoms with Crippen LogP contribution in [-0.2, 0) is 6.54 Å². The number of thioether (sulfide) groups is 1. The minimum atomic E-state index is 0.570. The van der Waals surface area contributed by atoms with E-state index in [1.807, 2.05) is 42.5 Å². The Morgan fingerprint density at radius 2 is 2.00 bits per heavy atom. The molecular weight excluding hydrogens is 328 g/mol. The van der Waals surface area contributed by atoms with Gasteiger partial charge >= 0.3 is 0 Å². The highest BCUT2D eigenvalue weighted by Crippen LogP contribution is 2.19. The van der Waals surface area contributed by atoms with Gasteiger partial charge in [0.1, 0.15) is 0 Å². The Morgan fingerprint density at radius 1 is 1.17 bits per heavy atom. The summed E-state index contributed by atoms with van der Waals surface area (Å²) in [7, 11) is 0. The Bertz CT molecular complexity index is 602. The van der Waals surface area contributed by atoms with Crippen molar-refractivity contribution in [3.8, 4) is 0 Å². The number of nitrogens with one attached hydrogen (secondary N) is 2. The Balaban J connectivity index is 1.76. The van der Waals surface area contributed by atoms with E-state index in [0.717, 1.165) is 35.5 Å². The van der Waals surface area contributed by atoms with Crippen LogP contribution in [0.4, 0.5) is 0 Å². The SMILES string of the molecule is CCNC(=NCc1ccccn1)NCCSc1ccc(Cl)cc1. The largest absolute Gasteiger partial charge is 0.357 e. The summed E-state index contributed by atoms with van der Waals surface area (Å²) in [6.07, 6.45) is 1.79. The zero-order valence-corrected chi connectivity index (χ0v) is 14.7. The third kappa shape index (κ3) is 6.93. The van der Waals surface area contributed by atoms with Gasteiger partial charge in [0.05, 0.1) is 12.2 Å². The molecule has 0 spiro atoms. The van der Waals surface area contributed by atoms with Gasteiger partial charge in [-0.15, -0.1) is 11.8 Å². The molecule has 0 fully saturated rings. The molecule has 0 atom stereocenters. The van der Waals surface area contributed by atoms with Crippen molar-refractivity contribution in [3.63, 3.8) is 0 Å². The Kier molecular flexibility index (Phi) is 7.77. The highest BCUT2D eigenvalue weighted by molar-refractivity contribution is 7.99. The maximum atomic E-state index is 5.88. The lowest BCUT2D eigenvalue weighted by Crippen LogP contribution is -2.38. The van der Waals surface area contributed by atoms with E-state index in [1.54, 1.807) is 18.0 Å². The number of hydrogen-bond acceptors (Lipinski definition) is 3. The molecule has 2 rings (SSSR count). The van der Waals surface area contributed by atoms with Crippen molar-refractivity contribution in [2.45, 2.75) is 18.4 Å². The lowest BCUT2D eigenvalue weighted by molar-refractivity contribution is 0.837. The monoisotopic (exact) mass is 348 g/mol. The zero-order valence-electron chi connectivity index (χ0n) is 13.1. The number of rotatable bonds is 7. The van der Waals surface area contributed by atoms with E-state index in [-0.39, 0.29) is 0 Å². The molecular formula is C17H21ClN4S. The van der Waals surface area contributed by atoms with Crippen LogP contribution in [0.5, 0.6) is 0 Å². The Morgan fingerprint density at radius 3 is 2.70 bits per heavy atom. The second-order valence-corrected chi connectivity index (χ2v) is 6.35. The molecule has 0 aliphatic rings. The van der Waals surface area contributed by atoms with Crippen molar-refractivity contribution in [2.24, 2.45) is 4.99 Å². The summed E-state index contributed by atoms with van der Waals surface area (Å²) in [5.74, 6) is 1.77. The summed E-state index contributed by atoms with van der Waals surface area (Å²) in [6.45, 7) is 4.29. The third-order valence-corrected chi connectivity index (χ3v) is 4.21. The van der Waals surface area contributed by atoms with Crippen LogP contribution in [0, 0.1) is 0 Å². The molecule has 0 amide bonds. The smallest absolute Gasteiger partial charge is 0.191 e. The summed E-state index contributed by atoms with van der Waals surface area (Å²) in [5, 5.41) is 7.35. The van der Waals surface area contributed by atoms with Crippen LogP contribution in [0.25, 0.3) is 0 Å². The Labute approximate surface area is 146 Å². The molecule has 0 unspecified atom stereocenters. The van der Waals surface area contributed by atoms with Gasteiger partial charge in [0.15, 0.2) is 5.96 Å². The molecule has 2 aromatic rings. The predicted octanol–water partition coefficient (Wildman–Crippen LogP) is 3.58. The molecule has 0 bridgehead atoms. The fourth-order valence-corrected chi connectivity index (χ4v) is 2.76. The highest BCUT2D eigenvalue weighted by atomic mass is 35.5. The predicted molar refractivity (Wildman–Crippen MR) is 99.2 cm³/mol. The molecule has 4 nitrogen and oxygen atoms in total. The summed E-state index contributed by atoms with van der Waals surface area (Å²) >= 11 is 7.67. The van der Waals surface area contributed by atoms with Crippen molar-refractivity contribution in [3.05, 3.63) is 59.4 Å². The molecule has 6 heteroatoms. The lowest BCUT2D eigenvalue weighted by Gasteiger charge is -2.11. The van der Waals surface area contributed by atoms with Crippen LogP contribution in [0.2, 0.25) is 5.02 Å². The fraction of sp³-hybridized carbons (Fsp3) is 0.294. The molecule has 2 N–H and O–H groups in total. The molecule has 0 aliphatic carbocycles. The molecule has 0 radical (unpaired) electrons. The average molecular weight is 349 g/mol. The maximum absolute atomic E-state index is 5.88. The molecule has 0 saturated carbocycles. The number of pyridine rings is 1. The van der Waals surface area contributed by atoms with Gasteiger partial charge in [-0.1, -0.05) is 17.7 Å². The Hall–Kier alpha value is -1.72. The van der Waals surface area contributed by atoms with Gasteiger partial charge in [-0.2, -0.15) is 0 Å². The van der Waals surface area contributed by atoms with E-state index < -0.39 is 0 Å². The summed E-state index contributed by atoms with van der Waals surface area (Å²) < 4.78 is 0. The molecule has 1 aromatic heterocycles. The zero-order chi connectivity index (χ0) is 16.3. The van der Waals surface area contributed by atoms with Crippen molar-refractivity contribution in [2.75, 3.05) is 18.8 Å². The van der Waals surface area contributed by atoms with Gasteiger partial charge in [0, 0.05) is 35.0 Å². The fourth-order valence-electron chi connectivity index (χ4n) is 1.86. The average Bonchev–Trinajstić information content (AvgIpc) is 2.59. The summed E-state index contributed by atoms with van der Waals surface area (Å²) in [4.78, 5) is 10.0. The number of nitrogens with zero attached hydrogens (tertiary/aromatic N) is 2. The molecule has 23 heavy (non-hydrogen) atoms. The highest BCUT2D eigenvalue weighted by Gasteiger charge is 1.99. The van der Waals surface area contributed by atoms with Crippen LogP contribution in [0.3, 0.4) is 0 Å². The molecule has 1 heterocycles. The van der Waals surface area contributed by atoms with Gasteiger partial charge in [-0.25, -0.2) is 4.99 Å². The van der Waals surface area contributed by atoms with E-state index in [4.69, 9.17) is 11.6 Å². The van der Waals surface area contributed by atoms with Gasteiger partial charge < -0.3 is 10.6 Å². The molecule has 122 valence electrons. The number of aromatic nitrogens is 1. The number of benzene rings is 1. The summed E-state index contributed by atoms with van der Waals surface area (Å²) in [6, 6.07) is 13.8. The number of guanidine groups is 1. The minimum absolute atomic E-state index is 0.570. The van der Waals surface area contributed by atoms with Crippen LogP contribution in [-0.4, -0.2) is 29.8 Å². The first-order valence-corrected chi connectivity index (χ1v) is 8.94. The first kappa shape index (κ1) is 17.6. The first-order valence-electron chi connectivity index (χ1n) is 7.58. The van der Waals surface area contributed by atoms with E-state index in [0.29, 0.717) is 6.54 Å². The number of halogens is 1. The lowest BCUT2D eigenvalue weighted by atomic mass is 10.3. The first-order chi connectivity index (χ1) is 11.3. The summed E-state index contributed by atoms with van der Waals surface area (Å²) in [5.41, 5.74) is 0.959. The van der Waals surface area contributed by atoms with E-state index >= 15 is 0 Å². The van der Waals surface area contributed by atoms with E-state index in [1.165, 1.54) is 4.90 Å². The van der Waals surface area contributed by atoms with Crippen molar-refractivity contribution in [1.29, 1.82) is 0 Å². The quantitative estimate of drug-likeness (QED) is 0.347. The second-order valence-electron chi connectivity index (χ2n) is 4.75. The van der Waals surface area contributed by atoms with Crippen LogP contribution in [0.1, 0.15) is 12.6 Å². The second kappa shape index (κ2) is 10.1. The van der Waals surface area contributed by atoms with Crippen molar-refractivity contribution < 1.29 is 0 Å². The van der Waals surface area contributed by atoms with Gasteiger partial charge in [0.2, 0.25) is 0 Å². The third-order valence-electron chi connectivity index (χ3n) is 2.95. The van der Waals surface area contributed by atoms with Crippen LogP contribution >= 0.6 is 23.4 Å². The molecule has 0 aliphatic heterocycles. The minimum Gasteiger partial charge on any atom is -0.357 e. The van der Waals surface area contributed by atoms with Crippen molar-refractivity contribution in [1.82, 2.24) is 15.6 Å². The normalized spacial score (nSPS) is 11.3.